The number of aromatic nitrogens is 8. The first-order valence-electron chi connectivity index (χ1n) is 10.1. The van der Waals surface area contributed by atoms with Crippen molar-refractivity contribution in [1.29, 1.82) is 0 Å². The minimum absolute atomic E-state index is 0.0906. The molecule has 4 aromatic heterocycles. The molecule has 5 rings (SSSR count). The van der Waals surface area contributed by atoms with Crippen molar-refractivity contribution < 1.29 is 38.3 Å². The van der Waals surface area contributed by atoms with Gasteiger partial charge in [0, 0.05) is 0 Å². The molecule has 4 aromatic rings. The number of esters is 1. The van der Waals surface area contributed by atoms with E-state index in [1.807, 2.05) is 0 Å². The Hall–Kier alpha value is -4.20. The molecule has 20 nitrogen and oxygen atoms in total. The molecule has 0 bridgehead atoms. The standard InChI is InChI=1S/C16H17N10O10P/c17-15-22-8-4(11(28)24-15)20-9(21-8)14(30)36-7-3(1-34-37(31,32)33)35-13(6(7)27)26-2-19-5-10(26)23-16(18)25-12(5)29/h2-3,6-7,13,27H,1H2,(H2,31,32,33)(H3,18,23,25,29)(H4,17,20,21,22,24,28)/t3-,6-,7-,13-/m1/s1. The number of nitrogens with two attached hydrogens (primary N) is 2. The molecule has 0 aromatic carbocycles. The van der Waals surface area contributed by atoms with Gasteiger partial charge in [-0.05, 0) is 0 Å². The number of ether oxygens (including phenoxy) is 2. The molecule has 1 aliphatic rings. The topological polar surface area (TPSA) is 313 Å². The predicted octanol–water partition coefficient (Wildman–Crippen LogP) is -3.16. The van der Waals surface area contributed by atoms with Gasteiger partial charge in [0.2, 0.25) is 17.7 Å². The lowest BCUT2D eigenvalue weighted by molar-refractivity contribution is -0.0522. The van der Waals surface area contributed by atoms with Crippen molar-refractivity contribution in [3.05, 3.63) is 32.9 Å². The van der Waals surface area contributed by atoms with Gasteiger partial charge in [-0.15, -0.1) is 0 Å². The molecule has 0 radical (unpaired) electrons. The molecule has 0 aliphatic carbocycles. The van der Waals surface area contributed by atoms with Crippen LogP contribution in [-0.4, -0.2) is 85.2 Å². The number of imidazole rings is 2. The van der Waals surface area contributed by atoms with Gasteiger partial charge in [-0.25, -0.2) is 19.3 Å². The molecule has 1 saturated heterocycles. The van der Waals surface area contributed by atoms with Crippen molar-refractivity contribution in [3.8, 4) is 0 Å². The van der Waals surface area contributed by atoms with Gasteiger partial charge in [-0.1, -0.05) is 0 Å². The van der Waals surface area contributed by atoms with Crippen LogP contribution >= 0.6 is 7.82 Å². The Bertz CT molecular complexity index is 1690. The largest absolute Gasteiger partial charge is 0.469 e. The maximum Gasteiger partial charge on any atom is 0.469 e. The maximum absolute atomic E-state index is 12.8. The molecule has 1 fully saturated rings. The lowest BCUT2D eigenvalue weighted by Crippen LogP contribution is -2.38. The molecule has 21 heteroatoms. The average molecular weight is 540 g/mol. The summed E-state index contributed by atoms with van der Waals surface area (Å²) >= 11 is 0. The van der Waals surface area contributed by atoms with Crippen molar-refractivity contribution in [1.82, 2.24) is 39.5 Å². The number of nitrogens with zero attached hydrogens (tertiary/aromatic N) is 5. The highest BCUT2D eigenvalue weighted by molar-refractivity contribution is 7.46. The number of nitrogen functional groups attached to an aromatic ring is 2. The van der Waals surface area contributed by atoms with Crippen LogP contribution in [0.15, 0.2) is 15.9 Å². The zero-order valence-electron chi connectivity index (χ0n) is 18.1. The number of carbonyl (C=O) groups is 1. The highest BCUT2D eigenvalue weighted by atomic mass is 31.2. The van der Waals surface area contributed by atoms with E-state index in [-0.39, 0.29) is 34.2 Å². The second kappa shape index (κ2) is 8.73. The summed E-state index contributed by atoms with van der Waals surface area (Å²) in [6.45, 7) is -0.823. The summed E-state index contributed by atoms with van der Waals surface area (Å²) < 4.78 is 27.8. The van der Waals surface area contributed by atoms with Gasteiger partial charge in [0.05, 0.1) is 12.9 Å². The lowest BCUT2D eigenvalue weighted by Gasteiger charge is -2.20. The molecule has 4 atom stereocenters. The van der Waals surface area contributed by atoms with Gasteiger partial charge in [-0.2, -0.15) is 9.97 Å². The molecule has 1 aliphatic heterocycles. The average Bonchev–Trinajstić information content (AvgIpc) is 3.48. The number of phosphoric ester groups is 1. The van der Waals surface area contributed by atoms with Crippen molar-refractivity contribution in [3.63, 3.8) is 0 Å². The number of phosphoric acid groups is 1. The van der Waals surface area contributed by atoms with E-state index in [2.05, 4.69) is 39.4 Å². The first kappa shape index (κ1) is 24.5. The molecular formula is C16H17N10O10P. The van der Waals surface area contributed by atoms with Crippen LogP contribution < -0.4 is 22.6 Å². The van der Waals surface area contributed by atoms with E-state index in [9.17, 15) is 24.1 Å². The van der Waals surface area contributed by atoms with Crippen molar-refractivity contribution in [2.75, 3.05) is 18.1 Å². The van der Waals surface area contributed by atoms with E-state index in [1.165, 1.54) is 0 Å². The summed E-state index contributed by atoms with van der Waals surface area (Å²) in [6, 6.07) is 0. The summed E-state index contributed by atoms with van der Waals surface area (Å²) in [5.41, 5.74) is 9.06. The van der Waals surface area contributed by atoms with Crippen LogP contribution in [0.3, 0.4) is 0 Å². The number of hydrogen-bond acceptors (Lipinski definition) is 14. The molecular weight excluding hydrogens is 523 g/mol. The quantitative estimate of drug-likeness (QED) is 0.0883. The second-order valence-electron chi connectivity index (χ2n) is 7.72. The van der Waals surface area contributed by atoms with Crippen LogP contribution in [0, 0.1) is 0 Å². The summed E-state index contributed by atoms with van der Waals surface area (Å²) in [5, 5.41) is 11.0. The Kier molecular flexibility index (Phi) is 5.78. The number of rotatable bonds is 6. The molecule has 0 unspecified atom stereocenters. The van der Waals surface area contributed by atoms with E-state index in [1.54, 1.807) is 0 Å². The fourth-order valence-electron chi connectivity index (χ4n) is 3.73. The van der Waals surface area contributed by atoms with Crippen LogP contribution in [0.2, 0.25) is 0 Å². The zero-order chi connectivity index (χ0) is 26.6. The minimum Gasteiger partial charge on any atom is -0.451 e. The number of fused-ring (bicyclic) bond motifs is 2. The molecule has 196 valence electrons. The Morgan fingerprint density at radius 3 is 2.57 bits per heavy atom. The zero-order valence-corrected chi connectivity index (χ0v) is 19.0. The Labute approximate surface area is 201 Å². The smallest absolute Gasteiger partial charge is 0.451 e. The number of anilines is 2. The van der Waals surface area contributed by atoms with E-state index in [0.29, 0.717) is 0 Å². The van der Waals surface area contributed by atoms with Gasteiger partial charge >= 0.3 is 13.8 Å². The van der Waals surface area contributed by atoms with Crippen molar-refractivity contribution in [2.24, 2.45) is 0 Å². The van der Waals surface area contributed by atoms with Crippen LogP contribution in [0.5, 0.6) is 0 Å². The highest BCUT2D eigenvalue weighted by Gasteiger charge is 2.49. The fraction of sp³-hybridized carbons (Fsp3) is 0.312. The Morgan fingerprint density at radius 2 is 1.84 bits per heavy atom. The summed E-state index contributed by atoms with van der Waals surface area (Å²) in [4.78, 5) is 77.5. The van der Waals surface area contributed by atoms with Crippen LogP contribution in [0.25, 0.3) is 22.3 Å². The van der Waals surface area contributed by atoms with E-state index >= 15 is 0 Å². The normalized spacial score (nSPS) is 22.1. The third-order valence-corrected chi connectivity index (χ3v) is 5.74. The third-order valence-electron chi connectivity index (χ3n) is 5.26. The molecule has 0 spiro atoms. The van der Waals surface area contributed by atoms with Crippen LogP contribution in [0.1, 0.15) is 16.8 Å². The van der Waals surface area contributed by atoms with Gasteiger partial charge in [-0.3, -0.25) is 28.6 Å². The van der Waals surface area contributed by atoms with Crippen molar-refractivity contribution in [2.45, 2.75) is 24.5 Å². The molecule has 0 saturated carbocycles. The minimum atomic E-state index is -4.99. The third kappa shape index (κ3) is 4.55. The van der Waals surface area contributed by atoms with E-state index in [0.717, 1.165) is 10.9 Å². The Morgan fingerprint density at radius 1 is 1.14 bits per heavy atom. The van der Waals surface area contributed by atoms with Gasteiger partial charge in [0.15, 0.2) is 34.7 Å². The van der Waals surface area contributed by atoms with E-state index in [4.69, 9.17) is 30.7 Å². The van der Waals surface area contributed by atoms with E-state index < -0.39 is 61.9 Å². The number of hydrogen-bond donors (Lipinski definition) is 8. The molecule has 5 heterocycles. The molecule has 10 N–H and O–H groups in total. The first-order valence-corrected chi connectivity index (χ1v) is 11.7. The Balaban J connectivity index is 1.47. The lowest BCUT2D eigenvalue weighted by atomic mass is 10.1. The van der Waals surface area contributed by atoms with Gasteiger partial charge < -0.3 is 40.8 Å². The SMILES string of the molecule is Nc1nc2c(ncn2[C@@H]2O[C@H](COP(=O)(O)O)[C@@H](OC(=O)c3nc4nc(N)[nH]c(=O)c4[nH]3)[C@H]2O)c(=O)[nH]1. The number of aliphatic hydroxyl groups is 1. The summed E-state index contributed by atoms with van der Waals surface area (Å²) in [5.74, 6) is -2.18. The predicted molar refractivity (Wildman–Crippen MR) is 119 cm³/mol. The molecule has 0 amide bonds. The number of aromatic amines is 3. The summed E-state index contributed by atoms with van der Waals surface area (Å²) in [6.07, 6.45) is -5.04. The van der Waals surface area contributed by atoms with Gasteiger partial charge in [0.25, 0.3) is 11.1 Å². The maximum atomic E-state index is 12.8. The molecule has 37 heavy (non-hydrogen) atoms. The number of nitrogens with one attached hydrogen (secondary N) is 3. The van der Waals surface area contributed by atoms with Crippen molar-refractivity contribution >= 4 is 48.0 Å². The monoisotopic (exact) mass is 540 g/mol. The first-order chi connectivity index (χ1) is 17.4. The van der Waals surface area contributed by atoms with Crippen LogP contribution in [-0.2, 0) is 18.6 Å². The highest BCUT2D eigenvalue weighted by Crippen LogP contribution is 2.39. The van der Waals surface area contributed by atoms with Gasteiger partial charge in [0.1, 0.15) is 12.2 Å². The fourth-order valence-corrected chi connectivity index (χ4v) is 4.07. The summed E-state index contributed by atoms with van der Waals surface area (Å²) in [7, 11) is -4.99. The second-order valence-corrected chi connectivity index (χ2v) is 8.96. The van der Waals surface area contributed by atoms with Crippen LogP contribution in [0.4, 0.5) is 11.9 Å². The number of carbonyl (C=O) groups excluding carboxylic acids is 1. The number of aliphatic hydroxyl groups excluding tert-OH is 1. The number of H-pyrrole nitrogens is 3.